The third-order valence-corrected chi connectivity index (χ3v) is 3.10. The van der Waals surface area contributed by atoms with Crippen LogP contribution in [0.2, 0.25) is 0 Å². The maximum Gasteiger partial charge on any atom is 0.417 e. The Hall–Kier alpha value is -1.54. The summed E-state index contributed by atoms with van der Waals surface area (Å²) >= 11 is 0. The molecule has 0 radical (unpaired) electrons. The first-order valence-electron chi connectivity index (χ1n) is 6.19. The topological polar surface area (TPSA) is 74.0 Å². The van der Waals surface area contributed by atoms with Crippen LogP contribution < -0.4 is 16.2 Å². The summed E-state index contributed by atoms with van der Waals surface area (Å²) in [6.45, 7) is 0.822. The van der Waals surface area contributed by atoms with Crippen molar-refractivity contribution in [2.75, 3.05) is 11.9 Å². The van der Waals surface area contributed by atoms with E-state index in [-0.39, 0.29) is 30.6 Å². The molecule has 9 heteroatoms. The maximum absolute atomic E-state index is 12.5. The Morgan fingerprint density at radius 3 is 2.71 bits per heavy atom. The molecule has 3 N–H and O–H groups in total. The standard InChI is InChI=1S/C12H14F3N3O2.ClH/c13-12(14,15)7-4-9(11(20)17-6-7)18-10(19)5-8-2-1-3-16-8;/h4,6,8,16H,1-3,5H2,(H,17,20)(H,18,19);1H. The minimum absolute atomic E-state index is 0. The van der Waals surface area contributed by atoms with Crippen molar-refractivity contribution in [3.8, 4) is 0 Å². The van der Waals surface area contributed by atoms with Crippen molar-refractivity contribution in [3.05, 3.63) is 28.2 Å². The van der Waals surface area contributed by atoms with Gasteiger partial charge >= 0.3 is 6.18 Å². The van der Waals surface area contributed by atoms with E-state index >= 15 is 0 Å². The lowest BCUT2D eigenvalue weighted by Crippen LogP contribution is -2.29. The Morgan fingerprint density at radius 1 is 1.43 bits per heavy atom. The average molecular weight is 326 g/mol. The van der Waals surface area contributed by atoms with Crippen LogP contribution in [-0.2, 0) is 11.0 Å². The first-order valence-corrected chi connectivity index (χ1v) is 6.19. The lowest BCUT2D eigenvalue weighted by Gasteiger charge is -2.11. The molecule has 1 aliphatic heterocycles. The molecule has 1 aromatic rings. The van der Waals surface area contributed by atoms with E-state index < -0.39 is 23.2 Å². The van der Waals surface area contributed by atoms with Crippen LogP contribution in [0.15, 0.2) is 17.1 Å². The van der Waals surface area contributed by atoms with Crippen LogP contribution in [0.4, 0.5) is 18.9 Å². The molecule has 118 valence electrons. The van der Waals surface area contributed by atoms with Crippen LogP contribution >= 0.6 is 12.4 Å². The molecular formula is C12H15ClF3N3O2. The van der Waals surface area contributed by atoms with Crippen molar-refractivity contribution in [3.63, 3.8) is 0 Å². The lowest BCUT2D eigenvalue weighted by molar-refractivity contribution is -0.137. The molecule has 0 spiro atoms. The Morgan fingerprint density at radius 2 is 2.14 bits per heavy atom. The third kappa shape index (κ3) is 4.75. The molecule has 1 unspecified atom stereocenters. The number of aromatic nitrogens is 1. The number of anilines is 1. The van der Waals surface area contributed by atoms with E-state index in [0.29, 0.717) is 12.3 Å². The van der Waals surface area contributed by atoms with Gasteiger partial charge < -0.3 is 15.6 Å². The van der Waals surface area contributed by atoms with E-state index in [1.165, 1.54) is 0 Å². The summed E-state index contributed by atoms with van der Waals surface area (Å²) < 4.78 is 37.6. The number of H-pyrrole nitrogens is 1. The number of pyridine rings is 1. The van der Waals surface area contributed by atoms with Gasteiger partial charge in [0.15, 0.2) is 0 Å². The number of carbonyl (C=O) groups excluding carboxylic acids is 1. The smallest absolute Gasteiger partial charge is 0.327 e. The predicted molar refractivity (Wildman–Crippen MR) is 73.6 cm³/mol. The van der Waals surface area contributed by atoms with Crippen LogP contribution in [-0.4, -0.2) is 23.5 Å². The molecule has 1 atom stereocenters. The zero-order chi connectivity index (χ0) is 14.8. The van der Waals surface area contributed by atoms with Crippen molar-refractivity contribution in [2.45, 2.75) is 31.5 Å². The normalized spacial score (nSPS) is 18.1. The summed E-state index contributed by atoms with van der Waals surface area (Å²) in [5.41, 5.74) is -2.15. The van der Waals surface area contributed by atoms with Crippen LogP contribution in [0.3, 0.4) is 0 Å². The molecule has 0 saturated carbocycles. The number of nitrogens with one attached hydrogen (secondary N) is 3. The monoisotopic (exact) mass is 325 g/mol. The SMILES string of the molecule is Cl.O=C(CC1CCCN1)Nc1cc(C(F)(F)F)c[nH]c1=O. The zero-order valence-corrected chi connectivity index (χ0v) is 11.7. The van der Waals surface area contributed by atoms with Crippen molar-refractivity contribution in [1.82, 2.24) is 10.3 Å². The molecule has 21 heavy (non-hydrogen) atoms. The van der Waals surface area contributed by atoms with Crippen molar-refractivity contribution >= 4 is 24.0 Å². The quantitative estimate of drug-likeness (QED) is 0.794. The van der Waals surface area contributed by atoms with Crippen LogP contribution in [0, 0.1) is 0 Å². The maximum atomic E-state index is 12.5. The second kappa shape index (κ2) is 6.95. The van der Waals surface area contributed by atoms with Crippen molar-refractivity contribution in [2.24, 2.45) is 0 Å². The zero-order valence-electron chi connectivity index (χ0n) is 10.9. The van der Waals surface area contributed by atoms with E-state index in [0.717, 1.165) is 19.4 Å². The van der Waals surface area contributed by atoms with Gasteiger partial charge in [0.2, 0.25) is 5.91 Å². The number of amides is 1. The van der Waals surface area contributed by atoms with Crippen LogP contribution in [0.25, 0.3) is 0 Å². The van der Waals surface area contributed by atoms with E-state index in [1.54, 1.807) is 0 Å². The minimum Gasteiger partial charge on any atom is -0.327 e. The van der Waals surface area contributed by atoms with E-state index in [2.05, 4.69) is 10.6 Å². The highest BCUT2D eigenvalue weighted by Gasteiger charge is 2.31. The Labute approximate surface area is 124 Å². The Bertz CT molecular complexity index is 553. The molecule has 1 saturated heterocycles. The number of rotatable bonds is 3. The van der Waals surface area contributed by atoms with Gasteiger partial charge in [0.05, 0.1) is 5.56 Å². The summed E-state index contributed by atoms with van der Waals surface area (Å²) in [6, 6.07) is 0.651. The largest absolute Gasteiger partial charge is 0.417 e. The molecule has 1 aliphatic rings. The first-order chi connectivity index (χ1) is 9.36. The molecule has 0 aliphatic carbocycles. The first kappa shape index (κ1) is 17.5. The highest BCUT2D eigenvalue weighted by atomic mass is 35.5. The van der Waals surface area contributed by atoms with Gasteiger partial charge in [-0.15, -0.1) is 12.4 Å². The van der Waals surface area contributed by atoms with Gasteiger partial charge in [-0.25, -0.2) is 0 Å². The number of carbonyl (C=O) groups is 1. The highest BCUT2D eigenvalue weighted by molar-refractivity contribution is 5.91. The summed E-state index contributed by atoms with van der Waals surface area (Å²) in [5, 5.41) is 5.32. The van der Waals surface area contributed by atoms with Gasteiger partial charge in [0.25, 0.3) is 5.56 Å². The number of alkyl halides is 3. The molecule has 2 rings (SSSR count). The molecule has 0 bridgehead atoms. The van der Waals surface area contributed by atoms with Gasteiger partial charge in [-0.2, -0.15) is 13.2 Å². The molecule has 1 aromatic heterocycles. The minimum atomic E-state index is -4.57. The Kier molecular flexibility index (Phi) is 5.79. The summed E-state index contributed by atoms with van der Waals surface area (Å²) in [4.78, 5) is 25.1. The number of hydrogen-bond acceptors (Lipinski definition) is 3. The lowest BCUT2D eigenvalue weighted by atomic mass is 10.1. The fourth-order valence-electron chi connectivity index (χ4n) is 2.10. The third-order valence-electron chi connectivity index (χ3n) is 3.10. The summed E-state index contributed by atoms with van der Waals surface area (Å²) in [6.07, 6.45) is -2.06. The van der Waals surface area contributed by atoms with Crippen LogP contribution in [0.5, 0.6) is 0 Å². The van der Waals surface area contributed by atoms with Crippen molar-refractivity contribution < 1.29 is 18.0 Å². The van der Waals surface area contributed by atoms with Gasteiger partial charge in [0, 0.05) is 18.7 Å². The molecule has 2 heterocycles. The summed E-state index contributed by atoms with van der Waals surface area (Å²) in [7, 11) is 0. The summed E-state index contributed by atoms with van der Waals surface area (Å²) in [5.74, 6) is -0.478. The highest BCUT2D eigenvalue weighted by Crippen LogP contribution is 2.29. The van der Waals surface area contributed by atoms with Crippen LogP contribution in [0.1, 0.15) is 24.8 Å². The van der Waals surface area contributed by atoms with Crippen molar-refractivity contribution in [1.29, 1.82) is 0 Å². The fraction of sp³-hybridized carbons (Fsp3) is 0.500. The van der Waals surface area contributed by atoms with Gasteiger partial charge in [0.1, 0.15) is 5.69 Å². The molecule has 5 nitrogen and oxygen atoms in total. The second-order valence-electron chi connectivity index (χ2n) is 4.67. The fourth-order valence-corrected chi connectivity index (χ4v) is 2.10. The average Bonchev–Trinajstić information content (AvgIpc) is 2.83. The van der Waals surface area contributed by atoms with Gasteiger partial charge in [-0.3, -0.25) is 9.59 Å². The molecule has 0 aromatic carbocycles. The van der Waals surface area contributed by atoms with E-state index in [4.69, 9.17) is 0 Å². The second-order valence-corrected chi connectivity index (χ2v) is 4.67. The molecular weight excluding hydrogens is 311 g/mol. The Balaban J connectivity index is 0.00000220. The van der Waals surface area contributed by atoms with Gasteiger partial charge in [-0.05, 0) is 25.5 Å². The number of hydrogen-bond donors (Lipinski definition) is 3. The van der Waals surface area contributed by atoms with E-state index in [1.807, 2.05) is 4.98 Å². The molecule has 1 fully saturated rings. The molecule has 1 amide bonds. The predicted octanol–water partition coefficient (Wildman–Crippen LogP) is 1.90. The van der Waals surface area contributed by atoms with E-state index in [9.17, 15) is 22.8 Å². The number of halogens is 4. The van der Waals surface area contributed by atoms with Gasteiger partial charge in [-0.1, -0.05) is 0 Å². The number of aromatic amines is 1.